The fraction of sp³-hybridized carbons (Fsp3) is 0.417. The van der Waals surface area contributed by atoms with Crippen molar-refractivity contribution in [2.75, 3.05) is 18.0 Å². The van der Waals surface area contributed by atoms with Gasteiger partial charge >= 0.3 is 0 Å². The van der Waals surface area contributed by atoms with Crippen LogP contribution in [-0.2, 0) is 0 Å². The number of anilines is 1. The van der Waals surface area contributed by atoms with Gasteiger partial charge in [-0.25, -0.2) is 4.98 Å². The van der Waals surface area contributed by atoms with Crippen LogP contribution in [0, 0.1) is 0 Å². The van der Waals surface area contributed by atoms with Crippen molar-refractivity contribution >= 4 is 22.8 Å². The zero-order valence-electron chi connectivity index (χ0n) is 10.0. The van der Waals surface area contributed by atoms with Crippen molar-refractivity contribution in [3.05, 3.63) is 18.5 Å². The Hall–Kier alpha value is -2.11. The minimum absolute atomic E-state index is 0.808. The molecule has 1 aliphatic heterocycles. The number of fused-ring (bicyclic) bond motifs is 3. The Morgan fingerprint density at radius 2 is 2.00 bits per heavy atom. The monoisotopic (exact) mass is 242 g/mol. The van der Waals surface area contributed by atoms with E-state index < -0.39 is 0 Å². The molecular formula is C12H14N6. The van der Waals surface area contributed by atoms with E-state index in [-0.39, 0.29) is 0 Å². The van der Waals surface area contributed by atoms with Gasteiger partial charge in [-0.3, -0.25) is 4.40 Å². The molecule has 0 unspecified atom stereocenters. The van der Waals surface area contributed by atoms with Crippen LogP contribution in [0.1, 0.15) is 19.3 Å². The first-order chi connectivity index (χ1) is 8.93. The average Bonchev–Trinajstić information content (AvgIpc) is 3.05. The number of hydrogen-bond donors (Lipinski definition) is 1. The van der Waals surface area contributed by atoms with Crippen LogP contribution in [0.4, 0.5) is 5.95 Å². The molecule has 6 nitrogen and oxygen atoms in total. The van der Waals surface area contributed by atoms with Crippen molar-refractivity contribution in [3.8, 4) is 0 Å². The minimum atomic E-state index is 0.808. The van der Waals surface area contributed by atoms with Gasteiger partial charge in [0.1, 0.15) is 0 Å². The van der Waals surface area contributed by atoms with Gasteiger partial charge in [-0.2, -0.15) is 0 Å². The van der Waals surface area contributed by atoms with E-state index in [4.69, 9.17) is 0 Å². The maximum atomic E-state index is 4.33. The number of H-pyrrole nitrogens is 1. The quantitative estimate of drug-likeness (QED) is 0.704. The lowest BCUT2D eigenvalue weighted by molar-refractivity contribution is 0.567. The summed E-state index contributed by atoms with van der Waals surface area (Å²) < 4.78 is 2.09. The Morgan fingerprint density at radius 1 is 1.11 bits per heavy atom. The molecule has 3 aromatic rings. The average molecular weight is 242 g/mol. The molecule has 4 heterocycles. The number of aromatic amines is 1. The van der Waals surface area contributed by atoms with Crippen LogP contribution in [0.15, 0.2) is 18.5 Å². The number of hydrogen-bond acceptors (Lipinski definition) is 4. The lowest BCUT2D eigenvalue weighted by atomic mass is 10.1. The summed E-state index contributed by atoms with van der Waals surface area (Å²) in [6, 6.07) is 2.02. The molecule has 0 aromatic carbocycles. The van der Waals surface area contributed by atoms with E-state index in [0.29, 0.717) is 0 Å². The molecule has 1 fully saturated rings. The van der Waals surface area contributed by atoms with Crippen molar-refractivity contribution in [2.24, 2.45) is 0 Å². The molecule has 0 amide bonds. The van der Waals surface area contributed by atoms with Crippen LogP contribution in [0.2, 0.25) is 0 Å². The fourth-order valence-electron chi connectivity index (χ4n) is 2.66. The van der Waals surface area contributed by atoms with E-state index >= 15 is 0 Å². The molecule has 0 spiro atoms. The number of aromatic nitrogens is 5. The lowest BCUT2D eigenvalue weighted by Crippen LogP contribution is -2.31. The first-order valence-electron chi connectivity index (χ1n) is 6.36. The molecule has 0 atom stereocenters. The molecule has 0 saturated carbocycles. The van der Waals surface area contributed by atoms with Crippen molar-refractivity contribution in [1.82, 2.24) is 24.6 Å². The Kier molecular flexibility index (Phi) is 2.03. The molecule has 0 aliphatic carbocycles. The second-order valence-corrected chi connectivity index (χ2v) is 4.71. The SMILES string of the molecule is c1cc2c(ncc3nnc(N4CCCCC4)n32)[nH]1. The van der Waals surface area contributed by atoms with Crippen LogP contribution in [0.25, 0.3) is 16.8 Å². The van der Waals surface area contributed by atoms with Gasteiger partial charge in [0.15, 0.2) is 11.3 Å². The van der Waals surface area contributed by atoms with E-state index in [9.17, 15) is 0 Å². The molecular weight excluding hydrogens is 228 g/mol. The maximum absolute atomic E-state index is 4.33. The molecule has 3 aromatic heterocycles. The lowest BCUT2D eigenvalue weighted by Gasteiger charge is -2.26. The molecule has 18 heavy (non-hydrogen) atoms. The maximum Gasteiger partial charge on any atom is 0.232 e. The second kappa shape index (κ2) is 3.69. The predicted molar refractivity (Wildman–Crippen MR) is 68.7 cm³/mol. The van der Waals surface area contributed by atoms with Crippen LogP contribution in [0.5, 0.6) is 0 Å². The summed E-state index contributed by atoms with van der Waals surface area (Å²) in [6.45, 7) is 2.13. The standard InChI is InChI=1S/C12H14N6/c1-2-6-17(7-3-1)12-16-15-10-8-14-11-9(18(10)12)4-5-13-11/h4-5,8,13H,1-3,6-7H2. The minimum Gasteiger partial charge on any atom is -0.345 e. The van der Waals surface area contributed by atoms with Crippen LogP contribution < -0.4 is 4.90 Å². The summed E-state index contributed by atoms with van der Waals surface area (Å²) >= 11 is 0. The molecule has 92 valence electrons. The van der Waals surface area contributed by atoms with Crippen LogP contribution in [-0.4, -0.2) is 37.7 Å². The third-order valence-electron chi connectivity index (χ3n) is 3.56. The summed E-state index contributed by atoms with van der Waals surface area (Å²) in [5.41, 5.74) is 2.72. The summed E-state index contributed by atoms with van der Waals surface area (Å²) in [4.78, 5) is 9.77. The van der Waals surface area contributed by atoms with Gasteiger partial charge < -0.3 is 9.88 Å². The molecule has 1 N–H and O–H groups in total. The summed E-state index contributed by atoms with van der Waals surface area (Å²) in [5.74, 6) is 0.941. The van der Waals surface area contributed by atoms with Crippen LogP contribution in [0.3, 0.4) is 0 Å². The van der Waals surface area contributed by atoms with Gasteiger partial charge in [-0.05, 0) is 25.3 Å². The van der Waals surface area contributed by atoms with E-state index in [1.54, 1.807) is 6.20 Å². The Morgan fingerprint density at radius 3 is 2.89 bits per heavy atom. The first-order valence-corrected chi connectivity index (χ1v) is 6.36. The third kappa shape index (κ3) is 1.32. The summed E-state index contributed by atoms with van der Waals surface area (Å²) in [7, 11) is 0. The Labute approximate surface area is 104 Å². The molecule has 1 saturated heterocycles. The number of piperidine rings is 1. The zero-order chi connectivity index (χ0) is 11.9. The predicted octanol–water partition coefficient (Wildman–Crippen LogP) is 1.60. The highest BCUT2D eigenvalue weighted by Crippen LogP contribution is 2.22. The fourth-order valence-corrected chi connectivity index (χ4v) is 2.66. The number of rotatable bonds is 1. The highest BCUT2D eigenvalue weighted by molar-refractivity contribution is 5.76. The smallest absolute Gasteiger partial charge is 0.232 e. The van der Waals surface area contributed by atoms with Crippen LogP contribution >= 0.6 is 0 Å². The van der Waals surface area contributed by atoms with Gasteiger partial charge in [0.05, 0.1) is 11.7 Å². The number of nitrogens with zero attached hydrogens (tertiary/aromatic N) is 5. The third-order valence-corrected chi connectivity index (χ3v) is 3.56. The first kappa shape index (κ1) is 9.87. The van der Waals surface area contributed by atoms with Gasteiger partial charge in [0.2, 0.25) is 5.95 Å². The molecule has 1 aliphatic rings. The highest BCUT2D eigenvalue weighted by atomic mass is 15.4. The van der Waals surface area contributed by atoms with E-state index in [0.717, 1.165) is 35.8 Å². The summed E-state index contributed by atoms with van der Waals surface area (Å²) in [5, 5.41) is 8.55. The van der Waals surface area contributed by atoms with Crippen molar-refractivity contribution < 1.29 is 0 Å². The molecule has 4 rings (SSSR count). The normalized spacial score (nSPS) is 16.8. The highest BCUT2D eigenvalue weighted by Gasteiger charge is 2.18. The molecule has 6 heteroatoms. The number of nitrogens with one attached hydrogen (secondary N) is 1. The molecule has 0 radical (unpaired) electrons. The topological polar surface area (TPSA) is 62.1 Å². The van der Waals surface area contributed by atoms with Crippen molar-refractivity contribution in [2.45, 2.75) is 19.3 Å². The van der Waals surface area contributed by atoms with Crippen molar-refractivity contribution in [3.63, 3.8) is 0 Å². The molecule has 0 bridgehead atoms. The van der Waals surface area contributed by atoms with E-state index in [1.807, 2.05) is 12.3 Å². The van der Waals surface area contributed by atoms with Gasteiger partial charge in [-0.15, -0.1) is 10.2 Å². The van der Waals surface area contributed by atoms with Gasteiger partial charge in [-0.1, -0.05) is 0 Å². The van der Waals surface area contributed by atoms with Gasteiger partial charge in [0, 0.05) is 19.3 Å². The largest absolute Gasteiger partial charge is 0.345 e. The van der Waals surface area contributed by atoms with E-state index in [2.05, 4.69) is 29.5 Å². The second-order valence-electron chi connectivity index (χ2n) is 4.71. The zero-order valence-corrected chi connectivity index (χ0v) is 10.0. The van der Waals surface area contributed by atoms with Crippen molar-refractivity contribution in [1.29, 1.82) is 0 Å². The van der Waals surface area contributed by atoms with Gasteiger partial charge in [0.25, 0.3) is 0 Å². The Balaban J connectivity index is 1.96. The summed E-state index contributed by atoms with van der Waals surface area (Å²) in [6.07, 6.45) is 7.44. The Bertz CT molecular complexity index is 691. The van der Waals surface area contributed by atoms with E-state index in [1.165, 1.54) is 19.3 Å².